The molecule has 0 unspecified atom stereocenters. The number of hydrogen-bond acceptors (Lipinski definition) is 4. The van der Waals surface area contributed by atoms with Gasteiger partial charge in [-0.1, -0.05) is 0 Å². The predicted octanol–water partition coefficient (Wildman–Crippen LogP) is -9.41. The summed E-state index contributed by atoms with van der Waals surface area (Å²) in [7, 11) is 0. The largest absolute Gasteiger partial charge is 1.00 e. The van der Waals surface area contributed by atoms with E-state index >= 15 is 0 Å². The van der Waals surface area contributed by atoms with Gasteiger partial charge >= 0.3 is 65.1 Å². The van der Waals surface area contributed by atoms with Crippen molar-refractivity contribution in [3.8, 4) is 0 Å². The van der Waals surface area contributed by atoms with Crippen molar-refractivity contribution in [1.82, 2.24) is 5.32 Å². The minimum absolute atomic E-state index is 0. The fourth-order valence-electron chi connectivity index (χ4n) is 0.271. The first-order chi connectivity index (χ1) is 4.13. The second-order valence-electron chi connectivity index (χ2n) is 1.37. The molecule has 0 saturated heterocycles. The molecule has 0 aliphatic carbocycles. The van der Waals surface area contributed by atoms with Gasteiger partial charge in [-0.15, -0.1) is 0 Å². The van der Waals surface area contributed by atoms with Crippen LogP contribution in [-0.2, 0) is 9.59 Å². The Morgan fingerprint density at radius 1 is 1.25 bits per heavy atom. The molecule has 6 nitrogen and oxygen atoms in total. The molecule has 0 aromatic rings. The Kier molecular flexibility index (Phi) is 27.6. The van der Waals surface area contributed by atoms with Crippen LogP contribution in [0.15, 0.2) is 0 Å². The molecule has 0 rings (SSSR count). The smallest absolute Gasteiger partial charge is 0.549 e. The molecule has 0 fully saturated rings. The van der Waals surface area contributed by atoms with Gasteiger partial charge in [-0.3, -0.25) is 4.79 Å². The molecule has 8 heteroatoms. The summed E-state index contributed by atoms with van der Waals surface area (Å²) in [5, 5.41) is 19.7. The molecule has 0 heterocycles. The van der Waals surface area contributed by atoms with E-state index in [1.54, 1.807) is 0 Å². The van der Waals surface area contributed by atoms with E-state index in [4.69, 9.17) is 5.11 Å². The third-order valence-corrected chi connectivity index (χ3v) is 0.546. The molecule has 0 amide bonds. The number of carboxylic acids is 2. The maximum atomic E-state index is 9.70. The van der Waals surface area contributed by atoms with Crippen LogP contribution in [0.3, 0.4) is 0 Å². The van der Waals surface area contributed by atoms with Gasteiger partial charge in [0.1, 0.15) is 0 Å². The van der Waals surface area contributed by atoms with Crippen LogP contribution < -0.4 is 69.5 Å². The van der Waals surface area contributed by atoms with E-state index in [0.29, 0.717) is 0 Å². The van der Waals surface area contributed by atoms with Crippen LogP contribution in [-0.4, -0.2) is 35.6 Å². The Balaban J connectivity index is -0.000000107. The van der Waals surface area contributed by atoms with E-state index in [0.717, 1.165) is 0 Å². The van der Waals surface area contributed by atoms with E-state index in [1.165, 1.54) is 0 Å². The van der Waals surface area contributed by atoms with Gasteiger partial charge < -0.3 is 25.8 Å². The summed E-state index contributed by atoms with van der Waals surface area (Å²) in [5.41, 5.74) is 0. The molecule has 0 radical (unpaired) electrons. The van der Waals surface area contributed by atoms with E-state index < -0.39 is 18.5 Å². The average molecular weight is 196 g/mol. The van der Waals surface area contributed by atoms with Crippen LogP contribution >= 0.6 is 0 Å². The van der Waals surface area contributed by atoms with Crippen molar-refractivity contribution in [2.75, 3.05) is 13.1 Å². The zero-order valence-corrected chi connectivity index (χ0v) is 11.1. The van der Waals surface area contributed by atoms with E-state index in [2.05, 4.69) is 5.32 Å². The molecular weight excluding hydrogens is 188 g/mol. The third kappa shape index (κ3) is 22.4. The van der Waals surface area contributed by atoms with Crippen LogP contribution in [0, 0.1) is 0 Å². The van der Waals surface area contributed by atoms with Crippen molar-refractivity contribution in [3.05, 3.63) is 0 Å². The predicted molar refractivity (Wildman–Crippen MR) is 29.1 cm³/mol. The number of carbonyl (C=O) groups excluding carboxylic acids is 1. The van der Waals surface area contributed by atoms with Crippen molar-refractivity contribution in [2.45, 2.75) is 0 Å². The van der Waals surface area contributed by atoms with E-state index in [9.17, 15) is 14.7 Å². The summed E-state index contributed by atoms with van der Waals surface area (Å²) in [5.74, 6) is -2.40. The molecule has 0 aliphatic rings. The minimum Gasteiger partial charge on any atom is -0.549 e. The Morgan fingerprint density at radius 3 is 1.92 bits per heavy atom. The van der Waals surface area contributed by atoms with Crippen molar-refractivity contribution in [3.63, 3.8) is 0 Å². The maximum Gasteiger partial charge on any atom is 1.00 e. The summed E-state index contributed by atoms with van der Waals surface area (Å²) in [6.07, 6.45) is 0. The Hall–Kier alpha value is 0.860. The Labute approximate surface area is 114 Å². The number of rotatable bonds is 4. The molecule has 0 saturated carbocycles. The fourth-order valence-corrected chi connectivity index (χ4v) is 0.271. The summed E-state index contributed by atoms with van der Waals surface area (Å²) < 4.78 is 0. The molecular formula is C4H8NNa2O5+. The van der Waals surface area contributed by atoms with Gasteiger partial charge in [0.05, 0.1) is 12.5 Å². The van der Waals surface area contributed by atoms with Crippen molar-refractivity contribution in [2.24, 2.45) is 0 Å². The Bertz CT molecular complexity index is 117. The number of carboxylic acid groups (broad SMARTS) is 2. The molecule has 4 N–H and O–H groups in total. The first-order valence-corrected chi connectivity index (χ1v) is 2.25. The SMILES string of the molecule is O.O=C([O-])CNCC(=O)O.[Na+].[Na+]. The van der Waals surface area contributed by atoms with Crippen LogP contribution in [0.1, 0.15) is 0 Å². The van der Waals surface area contributed by atoms with Gasteiger partial charge in [-0.25, -0.2) is 0 Å². The number of nitrogens with one attached hydrogen (secondary N) is 1. The zero-order chi connectivity index (χ0) is 7.28. The molecule has 0 atom stereocenters. The molecule has 0 bridgehead atoms. The van der Waals surface area contributed by atoms with Crippen LogP contribution in [0.25, 0.3) is 0 Å². The summed E-state index contributed by atoms with van der Waals surface area (Å²) >= 11 is 0. The van der Waals surface area contributed by atoms with Gasteiger partial charge in [0.2, 0.25) is 0 Å². The number of aliphatic carboxylic acids is 2. The second kappa shape index (κ2) is 14.4. The molecule has 0 aromatic heterocycles. The number of hydrogen-bond donors (Lipinski definition) is 2. The van der Waals surface area contributed by atoms with Crippen molar-refractivity contribution < 1.29 is 84.4 Å². The molecule has 0 spiro atoms. The van der Waals surface area contributed by atoms with E-state index in [1.807, 2.05) is 0 Å². The zero-order valence-electron chi connectivity index (χ0n) is 7.09. The first-order valence-electron chi connectivity index (χ1n) is 2.25. The van der Waals surface area contributed by atoms with Gasteiger partial charge in [-0.2, -0.15) is 0 Å². The quantitative estimate of drug-likeness (QED) is 0.432. The van der Waals surface area contributed by atoms with E-state index in [-0.39, 0.29) is 71.1 Å². The maximum absolute atomic E-state index is 9.70. The normalized spacial score (nSPS) is 6.67. The average Bonchev–Trinajstić information content (AvgIpc) is 1.63. The molecule has 12 heavy (non-hydrogen) atoms. The molecule has 60 valence electrons. The second-order valence-corrected chi connectivity index (χ2v) is 1.37. The van der Waals surface area contributed by atoms with Crippen molar-refractivity contribution >= 4 is 11.9 Å². The summed E-state index contributed by atoms with van der Waals surface area (Å²) in [4.78, 5) is 19.3. The standard InChI is InChI=1S/C4H7NO4.2Na.H2O/c6-3(7)1-5-2-4(8)9;;;/h5H,1-2H2,(H,6,7)(H,8,9);;;1H2/q;2*+1;/p-1. The topological polar surface area (TPSA) is 121 Å². The van der Waals surface area contributed by atoms with Gasteiger partial charge in [0.25, 0.3) is 0 Å². The summed E-state index contributed by atoms with van der Waals surface area (Å²) in [6.45, 7) is -0.778. The van der Waals surface area contributed by atoms with Crippen molar-refractivity contribution in [1.29, 1.82) is 0 Å². The Morgan fingerprint density at radius 2 is 1.67 bits per heavy atom. The van der Waals surface area contributed by atoms with Crippen LogP contribution in [0.4, 0.5) is 0 Å². The van der Waals surface area contributed by atoms with Gasteiger partial charge in [0.15, 0.2) is 0 Å². The van der Waals surface area contributed by atoms with Crippen LogP contribution in [0.2, 0.25) is 0 Å². The van der Waals surface area contributed by atoms with Crippen LogP contribution in [0.5, 0.6) is 0 Å². The van der Waals surface area contributed by atoms with Gasteiger partial charge in [-0.05, 0) is 0 Å². The third-order valence-electron chi connectivity index (χ3n) is 0.546. The monoisotopic (exact) mass is 196 g/mol. The molecule has 0 aromatic carbocycles. The summed E-state index contributed by atoms with van der Waals surface area (Å²) in [6, 6.07) is 0. The van der Waals surface area contributed by atoms with Gasteiger partial charge in [0, 0.05) is 6.54 Å². The number of carbonyl (C=O) groups is 2. The molecule has 0 aliphatic heterocycles. The first kappa shape index (κ1) is 23.0. The minimum atomic E-state index is -1.31. The fraction of sp³-hybridized carbons (Fsp3) is 0.500.